The Kier molecular flexibility index (Phi) is 3.96. The number of aromatic nitrogens is 1. The van der Waals surface area contributed by atoms with Gasteiger partial charge in [-0.15, -0.1) is 0 Å². The number of aryl methyl sites for hydroxylation is 1. The first kappa shape index (κ1) is 12.6. The van der Waals surface area contributed by atoms with Crippen LogP contribution in [0.15, 0.2) is 23.8 Å². The second kappa shape index (κ2) is 5.65. The largest absolute Gasteiger partial charge is 0.380 e. The Labute approximate surface area is 108 Å². The molecule has 0 N–H and O–H groups in total. The highest BCUT2D eigenvalue weighted by Gasteiger charge is 2.16. The van der Waals surface area contributed by atoms with Gasteiger partial charge >= 0.3 is 0 Å². The molecule has 0 fully saturated rings. The van der Waals surface area contributed by atoms with Gasteiger partial charge in [-0.1, -0.05) is 6.08 Å². The molecule has 0 unspecified atom stereocenters. The molecule has 18 heavy (non-hydrogen) atoms. The van der Waals surface area contributed by atoms with E-state index in [0.29, 0.717) is 12.2 Å². The maximum absolute atomic E-state index is 9.12. The van der Waals surface area contributed by atoms with Gasteiger partial charge in [-0.25, -0.2) is 4.98 Å². The van der Waals surface area contributed by atoms with Crippen molar-refractivity contribution in [3.05, 3.63) is 35.0 Å². The molecule has 0 bridgehead atoms. The average Bonchev–Trinajstić information content (AvgIpc) is 2.40. The minimum atomic E-state index is 0.643. The molecule has 1 aromatic heterocycles. The fourth-order valence-corrected chi connectivity index (χ4v) is 2.09. The molecule has 0 spiro atoms. The van der Waals surface area contributed by atoms with Crippen LogP contribution in [0.25, 0.3) is 0 Å². The molecule has 0 saturated carbocycles. The van der Waals surface area contributed by atoms with Crippen LogP contribution in [0.3, 0.4) is 0 Å². The SMILES string of the molecule is COCC1=CCN(c2nc(C)ccc2C#N)CC1. The highest BCUT2D eigenvalue weighted by Crippen LogP contribution is 2.21. The molecule has 4 heteroatoms. The van der Waals surface area contributed by atoms with E-state index >= 15 is 0 Å². The zero-order valence-corrected chi connectivity index (χ0v) is 10.8. The number of nitriles is 1. The van der Waals surface area contributed by atoms with Crippen LogP contribution in [0.2, 0.25) is 0 Å². The van der Waals surface area contributed by atoms with Gasteiger partial charge in [0.25, 0.3) is 0 Å². The fraction of sp³-hybridized carbons (Fsp3) is 0.429. The molecule has 4 nitrogen and oxygen atoms in total. The van der Waals surface area contributed by atoms with Crippen molar-refractivity contribution in [2.24, 2.45) is 0 Å². The topological polar surface area (TPSA) is 49.1 Å². The lowest BCUT2D eigenvalue weighted by Gasteiger charge is -2.28. The van der Waals surface area contributed by atoms with Gasteiger partial charge in [0.05, 0.1) is 12.2 Å². The number of ether oxygens (including phenoxy) is 1. The minimum absolute atomic E-state index is 0.643. The predicted molar refractivity (Wildman–Crippen MR) is 70.5 cm³/mol. The van der Waals surface area contributed by atoms with Gasteiger partial charge in [0.1, 0.15) is 11.9 Å². The van der Waals surface area contributed by atoms with E-state index in [-0.39, 0.29) is 0 Å². The van der Waals surface area contributed by atoms with E-state index in [1.807, 2.05) is 19.1 Å². The Morgan fingerprint density at radius 1 is 1.50 bits per heavy atom. The van der Waals surface area contributed by atoms with Crippen LogP contribution < -0.4 is 4.90 Å². The van der Waals surface area contributed by atoms with Crippen molar-refractivity contribution in [1.29, 1.82) is 5.26 Å². The highest BCUT2D eigenvalue weighted by molar-refractivity contribution is 5.55. The summed E-state index contributed by atoms with van der Waals surface area (Å²) >= 11 is 0. The predicted octanol–water partition coefficient (Wildman–Crippen LogP) is 2.04. The number of pyridine rings is 1. The van der Waals surface area contributed by atoms with E-state index < -0.39 is 0 Å². The third kappa shape index (κ3) is 2.69. The zero-order valence-electron chi connectivity index (χ0n) is 10.8. The van der Waals surface area contributed by atoms with Crippen molar-refractivity contribution in [1.82, 2.24) is 4.98 Å². The van der Waals surface area contributed by atoms with Crippen LogP contribution in [-0.2, 0) is 4.74 Å². The van der Waals surface area contributed by atoms with E-state index in [4.69, 9.17) is 10.00 Å². The first-order valence-electron chi connectivity index (χ1n) is 6.04. The number of methoxy groups -OCH3 is 1. The molecule has 0 atom stereocenters. The Morgan fingerprint density at radius 3 is 2.94 bits per heavy atom. The molecule has 1 aliphatic rings. The van der Waals surface area contributed by atoms with Gasteiger partial charge in [0.15, 0.2) is 0 Å². The van der Waals surface area contributed by atoms with Crippen LogP contribution in [-0.4, -0.2) is 31.8 Å². The summed E-state index contributed by atoms with van der Waals surface area (Å²) in [4.78, 5) is 6.63. The summed E-state index contributed by atoms with van der Waals surface area (Å²) in [5, 5.41) is 9.12. The smallest absolute Gasteiger partial charge is 0.147 e. The fourth-order valence-electron chi connectivity index (χ4n) is 2.09. The summed E-state index contributed by atoms with van der Waals surface area (Å²) in [5.41, 5.74) is 2.90. The minimum Gasteiger partial charge on any atom is -0.380 e. The summed E-state index contributed by atoms with van der Waals surface area (Å²) in [5.74, 6) is 0.796. The maximum Gasteiger partial charge on any atom is 0.147 e. The van der Waals surface area contributed by atoms with E-state index in [9.17, 15) is 0 Å². The number of hydrogen-bond donors (Lipinski definition) is 0. The van der Waals surface area contributed by atoms with Crippen LogP contribution in [0.5, 0.6) is 0 Å². The molecule has 2 heterocycles. The van der Waals surface area contributed by atoms with Crippen LogP contribution in [0.1, 0.15) is 17.7 Å². The number of anilines is 1. The number of hydrogen-bond acceptors (Lipinski definition) is 4. The van der Waals surface area contributed by atoms with Crippen molar-refractivity contribution < 1.29 is 4.74 Å². The zero-order chi connectivity index (χ0) is 13.0. The first-order valence-corrected chi connectivity index (χ1v) is 6.04. The Hall–Kier alpha value is -1.86. The van der Waals surface area contributed by atoms with Crippen LogP contribution in [0.4, 0.5) is 5.82 Å². The van der Waals surface area contributed by atoms with Gasteiger partial charge in [0.2, 0.25) is 0 Å². The number of rotatable bonds is 3. The maximum atomic E-state index is 9.12. The van der Waals surface area contributed by atoms with Gasteiger partial charge in [-0.05, 0) is 31.1 Å². The standard InChI is InChI=1S/C14H17N3O/c1-11-3-4-13(9-15)14(16-11)17-7-5-12(6-8-17)10-18-2/h3-5H,6-8,10H2,1-2H3. The first-order chi connectivity index (χ1) is 8.74. The molecule has 0 radical (unpaired) electrons. The van der Waals surface area contributed by atoms with Crippen molar-refractivity contribution in [3.8, 4) is 6.07 Å². The molecular formula is C14H17N3O. The molecule has 0 amide bonds. The molecule has 1 aromatic rings. The Bertz CT molecular complexity index is 502. The quantitative estimate of drug-likeness (QED) is 0.762. The van der Waals surface area contributed by atoms with Crippen LogP contribution >= 0.6 is 0 Å². The average molecular weight is 243 g/mol. The lowest BCUT2D eigenvalue weighted by atomic mass is 10.1. The van der Waals surface area contributed by atoms with Gasteiger partial charge < -0.3 is 9.64 Å². The van der Waals surface area contributed by atoms with E-state index in [1.54, 1.807) is 7.11 Å². The normalized spacial score (nSPS) is 15.2. The Morgan fingerprint density at radius 2 is 2.33 bits per heavy atom. The molecule has 2 rings (SSSR count). The molecule has 0 aromatic carbocycles. The second-order valence-electron chi connectivity index (χ2n) is 4.43. The molecule has 0 aliphatic carbocycles. The van der Waals surface area contributed by atoms with E-state index in [1.165, 1.54) is 5.57 Å². The van der Waals surface area contributed by atoms with Crippen LogP contribution in [0, 0.1) is 18.3 Å². The lowest BCUT2D eigenvalue weighted by Crippen LogP contribution is -2.30. The van der Waals surface area contributed by atoms with Gasteiger partial charge in [0, 0.05) is 25.9 Å². The lowest BCUT2D eigenvalue weighted by molar-refractivity contribution is 0.222. The highest BCUT2D eigenvalue weighted by atomic mass is 16.5. The molecular weight excluding hydrogens is 226 g/mol. The molecule has 1 aliphatic heterocycles. The van der Waals surface area contributed by atoms with Crippen molar-refractivity contribution in [3.63, 3.8) is 0 Å². The third-order valence-electron chi connectivity index (χ3n) is 3.07. The van der Waals surface area contributed by atoms with Gasteiger partial charge in [-0.2, -0.15) is 5.26 Å². The van der Waals surface area contributed by atoms with Crippen molar-refractivity contribution in [2.75, 3.05) is 31.7 Å². The van der Waals surface area contributed by atoms with Crippen molar-refractivity contribution in [2.45, 2.75) is 13.3 Å². The Balaban J connectivity index is 2.19. The molecule has 0 saturated heterocycles. The van der Waals surface area contributed by atoms with Crippen molar-refractivity contribution >= 4 is 5.82 Å². The second-order valence-corrected chi connectivity index (χ2v) is 4.43. The van der Waals surface area contributed by atoms with Gasteiger partial charge in [-0.3, -0.25) is 0 Å². The van der Waals surface area contributed by atoms with E-state index in [2.05, 4.69) is 22.0 Å². The number of nitrogens with zero attached hydrogens (tertiary/aromatic N) is 3. The summed E-state index contributed by atoms with van der Waals surface area (Å²) in [6, 6.07) is 5.92. The third-order valence-corrected chi connectivity index (χ3v) is 3.07. The molecule has 94 valence electrons. The summed E-state index contributed by atoms with van der Waals surface area (Å²) in [6.07, 6.45) is 3.13. The summed E-state index contributed by atoms with van der Waals surface area (Å²) in [6.45, 7) is 4.32. The monoisotopic (exact) mass is 243 g/mol. The summed E-state index contributed by atoms with van der Waals surface area (Å²) in [7, 11) is 1.71. The summed E-state index contributed by atoms with van der Waals surface area (Å²) < 4.78 is 5.13. The van der Waals surface area contributed by atoms with E-state index in [0.717, 1.165) is 31.0 Å².